The summed E-state index contributed by atoms with van der Waals surface area (Å²) in [6, 6.07) is 11.3. The molecule has 0 aliphatic carbocycles. The first kappa shape index (κ1) is 19.8. The predicted molar refractivity (Wildman–Crippen MR) is 100 cm³/mol. The fourth-order valence-electron chi connectivity index (χ4n) is 2.32. The van der Waals surface area contributed by atoms with E-state index in [1.165, 1.54) is 18.2 Å². The second-order valence-corrected chi connectivity index (χ2v) is 5.87. The third-order valence-corrected chi connectivity index (χ3v) is 3.80. The van der Waals surface area contributed by atoms with Crippen LogP contribution in [0.25, 0.3) is 6.08 Å². The van der Waals surface area contributed by atoms with Crippen molar-refractivity contribution in [1.29, 1.82) is 0 Å². The van der Waals surface area contributed by atoms with E-state index < -0.39 is 10.9 Å². The molecule has 1 N–H and O–H groups in total. The molecule has 7 nitrogen and oxygen atoms in total. The molecule has 2 aromatic rings. The van der Waals surface area contributed by atoms with Gasteiger partial charge in [-0.1, -0.05) is 18.2 Å². The molecule has 2 rings (SSSR count). The van der Waals surface area contributed by atoms with Crippen molar-refractivity contribution in [3.63, 3.8) is 0 Å². The molecule has 0 saturated heterocycles. The van der Waals surface area contributed by atoms with Gasteiger partial charge in [0.2, 0.25) is 0 Å². The summed E-state index contributed by atoms with van der Waals surface area (Å²) < 4.78 is 5.41. The Balaban J connectivity index is 1.97. The summed E-state index contributed by atoms with van der Waals surface area (Å²) >= 11 is 0. The molecule has 0 spiro atoms. The monoisotopic (exact) mass is 369 g/mol. The van der Waals surface area contributed by atoms with Crippen molar-refractivity contribution in [3.05, 3.63) is 75.3 Å². The van der Waals surface area contributed by atoms with Crippen molar-refractivity contribution in [3.8, 4) is 5.75 Å². The van der Waals surface area contributed by atoms with Crippen LogP contribution in [0.1, 0.15) is 34.3 Å². The number of carboxylic acids is 1. The average Bonchev–Trinajstić information content (AvgIpc) is 2.64. The number of rotatable bonds is 9. The van der Waals surface area contributed by atoms with Crippen LogP contribution in [0.15, 0.2) is 48.5 Å². The van der Waals surface area contributed by atoms with Crippen molar-refractivity contribution in [1.82, 2.24) is 0 Å². The van der Waals surface area contributed by atoms with Crippen molar-refractivity contribution in [2.75, 3.05) is 6.61 Å². The highest BCUT2D eigenvalue weighted by atomic mass is 16.6. The molecular formula is C20H19NO6. The van der Waals surface area contributed by atoms with Crippen molar-refractivity contribution >= 4 is 23.5 Å². The van der Waals surface area contributed by atoms with Gasteiger partial charge >= 0.3 is 5.97 Å². The van der Waals surface area contributed by atoms with Gasteiger partial charge in [0.15, 0.2) is 5.78 Å². The number of ether oxygens (including phenoxy) is 1. The Labute approximate surface area is 156 Å². The predicted octanol–water partition coefficient (Wildman–Crippen LogP) is 4.04. The molecule has 0 unspecified atom stereocenters. The standard InChI is InChI=1S/C20H19NO6/c1-14-4-5-15(13-18(14)21(25)26)6-11-19(22)16-7-9-17(10-8-16)27-12-2-3-20(23)24/h4-11,13H,2-3,12H2,1H3,(H,23,24)/b11-6+. The van der Waals surface area contributed by atoms with Crippen LogP contribution in [-0.4, -0.2) is 28.4 Å². The molecule has 0 fully saturated rings. The lowest BCUT2D eigenvalue weighted by atomic mass is 10.1. The second kappa shape index (κ2) is 9.28. The molecule has 0 aromatic heterocycles. The lowest BCUT2D eigenvalue weighted by Crippen LogP contribution is -2.02. The van der Waals surface area contributed by atoms with Gasteiger partial charge < -0.3 is 9.84 Å². The zero-order valence-electron chi connectivity index (χ0n) is 14.8. The number of aliphatic carboxylic acids is 1. The summed E-state index contributed by atoms with van der Waals surface area (Å²) in [5, 5.41) is 19.5. The van der Waals surface area contributed by atoms with Gasteiger partial charge in [0.05, 0.1) is 11.5 Å². The maximum absolute atomic E-state index is 12.2. The van der Waals surface area contributed by atoms with Crippen LogP contribution < -0.4 is 4.74 Å². The highest BCUT2D eigenvalue weighted by molar-refractivity contribution is 6.06. The molecule has 0 aliphatic rings. The van der Waals surface area contributed by atoms with Crippen LogP contribution in [0, 0.1) is 17.0 Å². The van der Waals surface area contributed by atoms with Gasteiger partial charge in [0.1, 0.15) is 5.75 Å². The van der Waals surface area contributed by atoms with Crippen LogP contribution in [0.3, 0.4) is 0 Å². The van der Waals surface area contributed by atoms with Crippen LogP contribution in [0.5, 0.6) is 5.75 Å². The second-order valence-electron chi connectivity index (χ2n) is 5.87. The van der Waals surface area contributed by atoms with E-state index in [9.17, 15) is 19.7 Å². The third-order valence-electron chi connectivity index (χ3n) is 3.80. The number of nitro benzene ring substituents is 1. The molecule has 0 radical (unpaired) electrons. The van der Waals surface area contributed by atoms with Crippen LogP contribution in [0.4, 0.5) is 5.69 Å². The molecule has 7 heteroatoms. The van der Waals surface area contributed by atoms with Crippen LogP contribution >= 0.6 is 0 Å². The van der Waals surface area contributed by atoms with E-state index in [2.05, 4.69) is 0 Å². The lowest BCUT2D eigenvalue weighted by Gasteiger charge is -2.05. The number of allylic oxidation sites excluding steroid dienone is 1. The van der Waals surface area contributed by atoms with Gasteiger partial charge in [0, 0.05) is 23.6 Å². The van der Waals surface area contributed by atoms with Gasteiger partial charge in [-0.05, 0) is 49.2 Å². The first-order chi connectivity index (χ1) is 12.9. The Morgan fingerprint density at radius 3 is 2.52 bits per heavy atom. The Morgan fingerprint density at radius 1 is 1.19 bits per heavy atom. The minimum atomic E-state index is -0.870. The summed E-state index contributed by atoms with van der Waals surface area (Å²) in [7, 11) is 0. The van der Waals surface area contributed by atoms with E-state index in [0.29, 0.717) is 28.9 Å². The van der Waals surface area contributed by atoms with E-state index in [1.54, 1.807) is 43.3 Å². The van der Waals surface area contributed by atoms with E-state index in [-0.39, 0.29) is 24.5 Å². The Kier molecular flexibility index (Phi) is 6.82. The average molecular weight is 369 g/mol. The van der Waals surface area contributed by atoms with Gasteiger partial charge in [0.25, 0.3) is 5.69 Å². The van der Waals surface area contributed by atoms with Crippen molar-refractivity contribution in [2.24, 2.45) is 0 Å². The first-order valence-corrected chi connectivity index (χ1v) is 8.29. The molecule has 0 amide bonds. The topological polar surface area (TPSA) is 107 Å². The maximum atomic E-state index is 12.2. The minimum absolute atomic E-state index is 0.00833. The summed E-state index contributed by atoms with van der Waals surface area (Å²) in [4.78, 5) is 33.2. The zero-order valence-corrected chi connectivity index (χ0v) is 14.8. The Morgan fingerprint density at radius 2 is 1.89 bits per heavy atom. The number of carbonyl (C=O) groups excluding carboxylic acids is 1. The number of benzene rings is 2. The molecule has 0 saturated carbocycles. The fourth-order valence-corrected chi connectivity index (χ4v) is 2.32. The molecule has 0 atom stereocenters. The molecule has 0 aliphatic heterocycles. The fraction of sp³-hybridized carbons (Fsp3) is 0.200. The van der Waals surface area contributed by atoms with Gasteiger partial charge in [-0.2, -0.15) is 0 Å². The largest absolute Gasteiger partial charge is 0.494 e. The third kappa shape index (κ3) is 6.07. The highest BCUT2D eigenvalue weighted by Gasteiger charge is 2.10. The zero-order chi connectivity index (χ0) is 19.8. The number of hydrogen-bond acceptors (Lipinski definition) is 5. The smallest absolute Gasteiger partial charge is 0.303 e. The summed E-state index contributed by atoms with van der Waals surface area (Å²) in [5.41, 5.74) is 1.58. The SMILES string of the molecule is Cc1ccc(/C=C/C(=O)c2ccc(OCCCC(=O)O)cc2)cc1[N+](=O)[O-]. The minimum Gasteiger partial charge on any atom is -0.494 e. The van der Waals surface area contributed by atoms with Gasteiger partial charge in [-0.25, -0.2) is 0 Å². The number of carbonyl (C=O) groups is 2. The Hall–Kier alpha value is -3.48. The summed E-state index contributed by atoms with van der Waals surface area (Å²) in [6.45, 7) is 1.94. The summed E-state index contributed by atoms with van der Waals surface area (Å²) in [5.74, 6) is -0.559. The quantitative estimate of drug-likeness (QED) is 0.235. The van der Waals surface area contributed by atoms with E-state index >= 15 is 0 Å². The molecule has 2 aromatic carbocycles. The molecule has 140 valence electrons. The van der Waals surface area contributed by atoms with Gasteiger partial charge in [-0.15, -0.1) is 0 Å². The molecule has 0 heterocycles. The Bertz CT molecular complexity index is 871. The number of nitrogens with zero attached hydrogens (tertiary/aromatic N) is 1. The molecule has 27 heavy (non-hydrogen) atoms. The van der Waals surface area contributed by atoms with Gasteiger partial charge in [-0.3, -0.25) is 19.7 Å². The highest BCUT2D eigenvalue weighted by Crippen LogP contribution is 2.20. The van der Waals surface area contributed by atoms with E-state index in [4.69, 9.17) is 9.84 Å². The molecular weight excluding hydrogens is 350 g/mol. The number of hydrogen-bond donors (Lipinski definition) is 1. The lowest BCUT2D eigenvalue weighted by molar-refractivity contribution is -0.385. The number of carboxylic acid groups (broad SMARTS) is 1. The van der Waals surface area contributed by atoms with E-state index in [0.717, 1.165) is 0 Å². The van der Waals surface area contributed by atoms with Crippen LogP contribution in [-0.2, 0) is 4.79 Å². The summed E-state index contributed by atoms with van der Waals surface area (Å²) in [6.07, 6.45) is 3.34. The van der Waals surface area contributed by atoms with E-state index in [1.807, 2.05) is 0 Å². The van der Waals surface area contributed by atoms with Crippen molar-refractivity contribution < 1.29 is 24.4 Å². The van der Waals surface area contributed by atoms with Crippen molar-refractivity contribution in [2.45, 2.75) is 19.8 Å². The normalized spacial score (nSPS) is 10.7. The maximum Gasteiger partial charge on any atom is 0.303 e. The first-order valence-electron chi connectivity index (χ1n) is 8.29. The van der Waals surface area contributed by atoms with Crippen LogP contribution in [0.2, 0.25) is 0 Å². The molecule has 0 bridgehead atoms. The number of nitro groups is 1. The number of aryl methyl sites for hydroxylation is 1. The number of ketones is 1.